The molecule has 1 aliphatic carbocycles. The summed E-state index contributed by atoms with van der Waals surface area (Å²) >= 11 is 2.92. The Morgan fingerprint density at radius 3 is 3.06 bits per heavy atom. The van der Waals surface area contributed by atoms with Crippen molar-refractivity contribution in [3.8, 4) is 0 Å². The van der Waals surface area contributed by atoms with Crippen molar-refractivity contribution in [2.45, 2.75) is 35.8 Å². The number of carbonyl (C=O) groups is 1. The van der Waals surface area contributed by atoms with Crippen LogP contribution in [0.5, 0.6) is 0 Å². The van der Waals surface area contributed by atoms with E-state index in [1.54, 1.807) is 11.8 Å². The molecule has 1 saturated carbocycles. The van der Waals surface area contributed by atoms with Gasteiger partial charge in [-0.2, -0.15) is 4.37 Å². The molecule has 88 valence electrons. The maximum Gasteiger partial charge on any atom is 0.307 e. The number of hydrogen-bond donors (Lipinski definition) is 1. The molecule has 1 aromatic heterocycles. The van der Waals surface area contributed by atoms with E-state index in [-0.39, 0.29) is 11.2 Å². The van der Waals surface area contributed by atoms with E-state index in [0.29, 0.717) is 5.92 Å². The first-order valence-corrected chi connectivity index (χ1v) is 6.98. The molecule has 1 aliphatic rings. The summed E-state index contributed by atoms with van der Waals surface area (Å²) in [5.74, 6) is -0.292. The van der Waals surface area contributed by atoms with Gasteiger partial charge in [0, 0.05) is 5.25 Å². The van der Waals surface area contributed by atoms with Crippen molar-refractivity contribution in [1.29, 1.82) is 0 Å². The molecule has 0 radical (unpaired) electrons. The first-order chi connectivity index (χ1) is 7.66. The minimum absolute atomic E-state index is 0.147. The summed E-state index contributed by atoms with van der Waals surface area (Å²) in [6.45, 7) is 2.19. The Morgan fingerprint density at radius 1 is 1.62 bits per heavy atom. The number of carboxylic acids is 1. The van der Waals surface area contributed by atoms with Gasteiger partial charge in [0.1, 0.15) is 6.33 Å². The first kappa shape index (κ1) is 11.9. The third kappa shape index (κ3) is 2.74. The van der Waals surface area contributed by atoms with Crippen molar-refractivity contribution in [3.05, 3.63) is 6.33 Å². The van der Waals surface area contributed by atoms with Crippen LogP contribution in [0, 0.1) is 11.8 Å². The summed E-state index contributed by atoms with van der Waals surface area (Å²) in [4.78, 5) is 15.3. The molecule has 2 rings (SSSR count). The highest BCUT2D eigenvalue weighted by molar-refractivity contribution is 8.01. The number of thioether (sulfide) groups is 1. The molecule has 0 aromatic carbocycles. The van der Waals surface area contributed by atoms with Gasteiger partial charge in [0.05, 0.1) is 5.92 Å². The van der Waals surface area contributed by atoms with E-state index in [4.69, 9.17) is 0 Å². The van der Waals surface area contributed by atoms with Crippen LogP contribution in [-0.4, -0.2) is 25.7 Å². The van der Waals surface area contributed by atoms with Crippen LogP contribution in [0.2, 0.25) is 0 Å². The molecular formula is C10H14N2O2S2. The molecule has 6 heteroatoms. The van der Waals surface area contributed by atoms with Gasteiger partial charge in [0.25, 0.3) is 0 Å². The zero-order chi connectivity index (χ0) is 11.5. The average Bonchev–Trinajstić information content (AvgIpc) is 2.70. The minimum atomic E-state index is -0.672. The third-order valence-electron chi connectivity index (χ3n) is 2.96. The van der Waals surface area contributed by atoms with Crippen LogP contribution in [0.25, 0.3) is 0 Å². The average molecular weight is 258 g/mol. The fraction of sp³-hybridized carbons (Fsp3) is 0.700. The maximum atomic E-state index is 11.2. The summed E-state index contributed by atoms with van der Waals surface area (Å²) in [6, 6.07) is 0. The van der Waals surface area contributed by atoms with E-state index in [2.05, 4.69) is 16.3 Å². The molecule has 1 heterocycles. The maximum absolute atomic E-state index is 11.2. The van der Waals surface area contributed by atoms with Crippen molar-refractivity contribution in [3.63, 3.8) is 0 Å². The Bertz CT molecular complexity index is 356. The lowest BCUT2D eigenvalue weighted by Crippen LogP contribution is -2.31. The quantitative estimate of drug-likeness (QED) is 0.902. The van der Waals surface area contributed by atoms with Crippen LogP contribution < -0.4 is 0 Å². The molecular weight excluding hydrogens is 244 g/mol. The number of carboxylic acid groups (broad SMARTS) is 1. The Morgan fingerprint density at radius 2 is 2.44 bits per heavy atom. The number of aromatic nitrogens is 2. The van der Waals surface area contributed by atoms with Gasteiger partial charge in [-0.25, -0.2) is 4.98 Å². The summed E-state index contributed by atoms with van der Waals surface area (Å²) in [5, 5.41) is 9.32. The monoisotopic (exact) mass is 258 g/mol. The van der Waals surface area contributed by atoms with Gasteiger partial charge in [-0.05, 0) is 36.7 Å². The minimum Gasteiger partial charge on any atom is -0.481 e. The van der Waals surface area contributed by atoms with Crippen molar-refractivity contribution in [2.75, 3.05) is 0 Å². The van der Waals surface area contributed by atoms with Crippen LogP contribution in [0.3, 0.4) is 0 Å². The fourth-order valence-corrected chi connectivity index (χ4v) is 4.25. The predicted molar refractivity (Wildman–Crippen MR) is 63.7 cm³/mol. The summed E-state index contributed by atoms with van der Waals surface area (Å²) in [7, 11) is 0. The van der Waals surface area contributed by atoms with Crippen LogP contribution in [0.1, 0.15) is 26.2 Å². The molecule has 4 nitrogen and oxygen atoms in total. The van der Waals surface area contributed by atoms with E-state index < -0.39 is 5.97 Å². The van der Waals surface area contributed by atoms with Crippen LogP contribution >= 0.6 is 23.3 Å². The lowest BCUT2D eigenvalue weighted by atomic mass is 9.82. The zero-order valence-electron chi connectivity index (χ0n) is 9.00. The Labute approximate surface area is 103 Å². The van der Waals surface area contributed by atoms with Gasteiger partial charge in [-0.15, -0.1) is 0 Å². The molecule has 1 N–H and O–H groups in total. The highest BCUT2D eigenvalue weighted by Gasteiger charge is 2.34. The summed E-state index contributed by atoms with van der Waals surface area (Å²) in [5.41, 5.74) is 0. The predicted octanol–water partition coefficient (Wildman–Crippen LogP) is 2.52. The molecule has 1 aromatic rings. The van der Waals surface area contributed by atoms with E-state index >= 15 is 0 Å². The molecule has 3 atom stereocenters. The Balaban J connectivity index is 2.05. The van der Waals surface area contributed by atoms with Gasteiger partial charge in [-0.3, -0.25) is 4.79 Å². The molecule has 0 saturated heterocycles. The molecule has 0 bridgehead atoms. The first-order valence-electron chi connectivity index (χ1n) is 5.33. The SMILES string of the molecule is CC1CCC(C(=O)O)C(Sc2ncns2)C1. The summed E-state index contributed by atoms with van der Waals surface area (Å²) in [6.07, 6.45) is 4.29. The highest BCUT2D eigenvalue weighted by atomic mass is 32.2. The number of hydrogen-bond acceptors (Lipinski definition) is 5. The fourth-order valence-electron chi connectivity index (χ4n) is 2.09. The molecule has 0 amide bonds. The molecule has 0 spiro atoms. The Kier molecular flexibility index (Phi) is 3.81. The van der Waals surface area contributed by atoms with Crippen LogP contribution in [0.4, 0.5) is 0 Å². The zero-order valence-corrected chi connectivity index (χ0v) is 10.6. The standard InChI is InChI=1S/C10H14N2O2S2/c1-6-2-3-7(9(13)14)8(4-6)15-10-11-5-12-16-10/h5-8H,2-4H2,1H3,(H,13,14). The van der Waals surface area contributed by atoms with Crippen molar-refractivity contribution in [1.82, 2.24) is 9.36 Å². The lowest BCUT2D eigenvalue weighted by molar-refractivity contribution is -0.142. The molecule has 0 aliphatic heterocycles. The van der Waals surface area contributed by atoms with E-state index in [0.717, 1.165) is 23.6 Å². The lowest BCUT2D eigenvalue weighted by Gasteiger charge is -2.31. The van der Waals surface area contributed by atoms with Crippen molar-refractivity contribution in [2.24, 2.45) is 11.8 Å². The van der Waals surface area contributed by atoms with E-state index in [1.807, 2.05) is 0 Å². The van der Waals surface area contributed by atoms with E-state index in [9.17, 15) is 9.90 Å². The van der Waals surface area contributed by atoms with Gasteiger partial charge >= 0.3 is 5.97 Å². The van der Waals surface area contributed by atoms with Gasteiger partial charge in [0.2, 0.25) is 0 Å². The molecule has 16 heavy (non-hydrogen) atoms. The largest absolute Gasteiger partial charge is 0.481 e. The molecule has 1 fully saturated rings. The topological polar surface area (TPSA) is 63.1 Å². The van der Waals surface area contributed by atoms with Crippen LogP contribution in [0.15, 0.2) is 10.7 Å². The van der Waals surface area contributed by atoms with Gasteiger partial charge in [0.15, 0.2) is 4.34 Å². The normalized spacial score (nSPS) is 30.2. The van der Waals surface area contributed by atoms with Gasteiger partial charge in [-0.1, -0.05) is 18.7 Å². The van der Waals surface area contributed by atoms with Gasteiger partial charge < -0.3 is 5.11 Å². The summed E-state index contributed by atoms with van der Waals surface area (Å²) < 4.78 is 4.82. The second-order valence-corrected chi connectivity index (χ2v) is 6.49. The van der Waals surface area contributed by atoms with E-state index in [1.165, 1.54) is 17.9 Å². The number of rotatable bonds is 3. The third-order valence-corrected chi connectivity index (χ3v) is 5.07. The van der Waals surface area contributed by atoms with Crippen molar-refractivity contribution >= 4 is 29.3 Å². The van der Waals surface area contributed by atoms with Crippen molar-refractivity contribution < 1.29 is 9.90 Å². The number of nitrogens with zero attached hydrogens (tertiary/aromatic N) is 2. The Hall–Kier alpha value is -0.620. The van der Waals surface area contributed by atoms with Crippen LogP contribution in [-0.2, 0) is 4.79 Å². The second kappa shape index (κ2) is 5.14. The highest BCUT2D eigenvalue weighted by Crippen LogP contribution is 2.40. The second-order valence-electron chi connectivity index (χ2n) is 4.23. The number of aliphatic carboxylic acids is 1. The smallest absolute Gasteiger partial charge is 0.307 e. The molecule has 3 unspecified atom stereocenters.